The second-order valence-electron chi connectivity index (χ2n) is 6.38. The van der Waals surface area contributed by atoms with E-state index in [0.29, 0.717) is 35.3 Å². The number of fused-ring (bicyclic) bond motifs is 4. The average Bonchev–Trinajstić information content (AvgIpc) is 3.16. The Hall–Kier alpha value is -2.38. The van der Waals surface area contributed by atoms with Crippen molar-refractivity contribution in [1.82, 2.24) is 0 Å². The average molecular weight is 402 g/mol. The number of rotatable bonds is 2. The topological polar surface area (TPSA) is 63.2 Å². The molecule has 1 amide bonds. The Kier molecular flexibility index (Phi) is 4.13. The van der Waals surface area contributed by atoms with Gasteiger partial charge in [0.05, 0.1) is 36.0 Å². The minimum Gasteiger partial charge on any atom is -0.490 e. The lowest BCUT2D eigenvalue weighted by Crippen LogP contribution is -2.21. The SMILES string of the molecule is O=C(Nc1ccc2c(c1)N1CCN=C1S2)c1cc2c(cc1Cl)OCCCO2. The third-order valence-electron chi connectivity index (χ3n) is 4.59. The number of amidine groups is 1. The summed E-state index contributed by atoms with van der Waals surface area (Å²) in [5.41, 5.74) is 2.16. The number of nitrogens with zero attached hydrogens (tertiary/aromatic N) is 2. The van der Waals surface area contributed by atoms with E-state index in [9.17, 15) is 4.79 Å². The summed E-state index contributed by atoms with van der Waals surface area (Å²) in [4.78, 5) is 20.6. The second-order valence-corrected chi connectivity index (χ2v) is 7.80. The largest absolute Gasteiger partial charge is 0.490 e. The van der Waals surface area contributed by atoms with Gasteiger partial charge in [0.25, 0.3) is 5.91 Å². The van der Waals surface area contributed by atoms with Crippen molar-refractivity contribution in [2.24, 2.45) is 4.99 Å². The molecule has 2 aromatic carbocycles. The van der Waals surface area contributed by atoms with E-state index in [0.717, 1.165) is 40.9 Å². The van der Waals surface area contributed by atoms with Crippen LogP contribution in [0.1, 0.15) is 16.8 Å². The van der Waals surface area contributed by atoms with Gasteiger partial charge in [0.2, 0.25) is 0 Å². The van der Waals surface area contributed by atoms with Crippen LogP contribution >= 0.6 is 23.4 Å². The minimum atomic E-state index is -0.281. The molecule has 0 spiro atoms. The molecule has 0 saturated heterocycles. The third-order valence-corrected chi connectivity index (χ3v) is 6.00. The zero-order valence-electron chi connectivity index (χ0n) is 14.3. The molecule has 0 atom stereocenters. The van der Waals surface area contributed by atoms with Crippen LogP contribution in [0.4, 0.5) is 11.4 Å². The van der Waals surface area contributed by atoms with Gasteiger partial charge in [0.1, 0.15) is 0 Å². The van der Waals surface area contributed by atoms with Crippen LogP contribution in [0.25, 0.3) is 0 Å². The summed E-state index contributed by atoms with van der Waals surface area (Å²) in [6.45, 7) is 2.81. The fourth-order valence-corrected chi connectivity index (χ4v) is 4.59. The maximum absolute atomic E-state index is 12.8. The molecule has 5 rings (SSSR count). The van der Waals surface area contributed by atoms with Crippen molar-refractivity contribution in [3.63, 3.8) is 0 Å². The van der Waals surface area contributed by atoms with E-state index in [1.54, 1.807) is 23.9 Å². The fraction of sp³-hybridized carbons (Fsp3) is 0.263. The first kappa shape index (κ1) is 16.8. The predicted octanol–water partition coefficient (Wildman–Crippen LogP) is 4.04. The van der Waals surface area contributed by atoms with Gasteiger partial charge in [0, 0.05) is 29.6 Å². The van der Waals surface area contributed by atoms with Crippen molar-refractivity contribution in [3.05, 3.63) is 40.9 Å². The molecule has 138 valence electrons. The Bertz CT molecular complexity index is 979. The zero-order valence-corrected chi connectivity index (χ0v) is 15.9. The highest BCUT2D eigenvalue weighted by atomic mass is 35.5. The van der Waals surface area contributed by atoms with Crippen LogP contribution in [0.5, 0.6) is 11.5 Å². The van der Waals surface area contributed by atoms with Crippen molar-refractivity contribution in [2.45, 2.75) is 11.3 Å². The van der Waals surface area contributed by atoms with E-state index >= 15 is 0 Å². The summed E-state index contributed by atoms with van der Waals surface area (Å²) in [6.07, 6.45) is 0.794. The summed E-state index contributed by atoms with van der Waals surface area (Å²) in [6, 6.07) is 9.16. The monoisotopic (exact) mass is 401 g/mol. The molecule has 0 bridgehead atoms. The van der Waals surface area contributed by atoms with Crippen LogP contribution in [-0.2, 0) is 0 Å². The van der Waals surface area contributed by atoms with Crippen LogP contribution in [0.3, 0.4) is 0 Å². The van der Waals surface area contributed by atoms with Crippen LogP contribution in [0, 0.1) is 0 Å². The molecule has 0 aliphatic carbocycles. The molecule has 0 aromatic heterocycles. The van der Waals surface area contributed by atoms with E-state index in [-0.39, 0.29) is 5.91 Å². The third kappa shape index (κ3) is 3.00. The molecule has 0 radical (unpaired) electrons. The highest BCUT2D eigenvalue weighted by Crippen LogP contribution is 2.43. The Morgan fingerprint density at radius 3 is 2.85 bits per heavy atom. The van der Waals surface area contributed by atoms with Gasteiger partial charge in [-0.2, -0.15) is 0 Å². The number of aliphatic imine (C=N–C) groups is 1. The van der Waals surface area contributed by atoms with Crippen LogP contribution in [0.2, 0.25) is 5.02 Å². The highest BCUT2D eigenvalue weighted by Gasteiger charge is 2.29. The molecular weight excluding hydrogens is 386 g/mol. The molecule has 8 heteroatoms. The first-order valence-electron chi connectivity index (χ1n) is 8.73. The summed E-state index contributed by atoms with van der Waals surface area (Å²) < 4.78 is 11.3. The fourth-order valence-electron chi connectivity index (χ4n) is 3.28. The van der Waals surface area contributed by atoms with Crippen LogP contribution in [-0.4, -0.2) is 37.4 Å². The summed E-state index contributed by atoms with van der Waals surface area (Å²) in [5.74, 6) is 0.839. The Balaban J connectivity index is 1.41. The van der Waals surface area contributed by atoms with E-state index in [1.807, 2.05) is 18.2 Å². The maximum atomic E-state index is 12.8. The highest BCUT2D eigenvalue weighted by molar-refractivity contribution is 8.14. The van der Waals surface area contributed by atoms with E-state index < -0.39 is 0 Å². The molecule has 3 heterocycles. The zero-order chi connectivity index (χ0) is 18.4. The van der Waals surface area contributed by atoms with Crippen molar-refractivity contribution in [1.29, 1.82) is 0 Å². The van der Waals surface area contributed by atoms with Gasteiger partial charge in [-0.3, -0.25) is 9.79 Å². The predicted molar refractivity (Wildman–Crippen MR) is 107 cm³/mol. The number of nitrogens with one attached hydrogen (secondary N) is 1. The van der Waals surface area contributed by atoms with Crippen molar-refractivity contribution in [3.8, 4) is 11.5 Å². The van der Waals surface area contributed by atoms with Crippen LogP contribution < -0.4 is 19.7 Å². The second kappa shape index (κ2) is 6.65. The number of hydrogen-bond acceptors (Lipinski definition) is 6. The Morgan fingerprint density at radius 1 is 1.19 bits per heavy atom. The van der Waals surface area contributed by atoms with Gasteiger partial charge in [-0.15, -0.1) is 0 Å². The summed E-state index contributed by atoms with van der Waals surface area (Å²) in [5, 5.41) is 4.30. The summed E-state index contributed by atoms with van der Waals surface area (Å²) >= 11 is 7.98. The standard InChI is InChI=1S/C19H16ClN3O3S/c20-13-10-16-15(25-6-1-7-26-16)9-12(13)18(24)22-11-2-3-17-14(8-11)23-5-4-21-19(23)27-17/h2-3,8-10H,1,4-7H2,(H,22,24). The molecule has 1 N–H and O–H groups in total. The lowest BCUT2D eigenvalue weighted by Gasteiger charge is -2.14. The van der Waals surface area contributed by atoms with Crippen molar-refractivity contribution < 1.29 is 14.3 Å². The smallest absolute Gasteiger partial charge is 0.257 e. The molecular formula is C19H16ClN3O3S. The number of amides is 1. The van der Waals surface area contributed by atoms with Gasteiger partial charge in [-0.1, -0.05) is 11.6 Å². The number of carbonyl (C=O) groups excluding carboxylic acids is 1. The lowest BCUT2D eigenvalue weighted by atomic mass is 10.1. The van der Waals surface area contributed by atoms with Crippen molar-refractivity contribution in [2.75, 3.05) is 36.5 Å². The van der Waals surface area contributed by atoms with E-state index in [2.05, 4.69) is 15.2 Å². The van der Waals surface area contributed by atoms with Gasteiger partial charge in [0.15, 0.2) is 16.7 Å². The molecule has 6 nitrogen and oxygen atoms in total. The van der Waals surface area contributed by atoms with Gasteiger partial charge in [-0.25, -0.2) is 0 Å². The van der Waals surface area contributed by atoms with E-state index in [1.165, 1.54) is 0 Å². The molecule has 0 fully saturated rings. The van der Waals surface area contributed by atoms with Crippen molar-refractivity contribution >= 4 is 45.8 Å². The molecule has 2 aromatic rings. The maximum Gasteiger partial charge on any atom is 0.257 e. The molecule has 3 aliphatic rings. The molecule has 27 heavy (non-hydrogen) atoms. The quantitative estimate of drug-likeness (QED) is 0.822. The first-order chi connectivity index (χ1) is 13.2. The number of hydrogen-bond donors (Lipinski definition) is 1. The summed E-state index contributed by atoms with van der Waals surface area (Å²) in [7, 11) is 0. The molecule has 0 saturated carbocycles. The van der Waals surface area contributed by atoms with Gasteiger partial charge in [-0.05, 0) is 36.0 Å². The van der Waals surface area contributed by atoms with Crippen LogP contribution in [0.15, 0.2) is 40.2 Å². The Morgan fingerprint density at radius 2 is 2.00 bits per heavy atom. The Labute approximate surface area is 165 Å². The number of halogens is 1. The van der Waals surface area contributed by atoms with Gasteiger partial charge >= 0.3 is 0 Å². The number of ether oxygens (including phenoxy) is 2. The molecule has 3 aliphatic heterocycles. The molecule has 0 unspecified atom stereocenters. The number of anilines is 2. The normalized spacial score (nSPS) is 17.1. The lowest BCUT2D eigenvalue weighted by molar-refractivity contribution is 0.102. The first-order valence-corrected chi connectivity index (χ1v) is 9.93. The van der Waals surface area contributed by atoms with E-state index in [4.69, 9.17) is 21.1 Å². The number of carbonyl (C=O) groups is 1. The number of benzene rings is 2. The van der Waals surface area contributed by atoms with Gasteiger partial charge < -0.3 is 19.7 Å². The minimum absolute atomic E-state index is 0.281. The number of thioether (sulfide) groups is 1.